The monoisotopic (exact) mass is 199 g/mol. The molecule has 86 valence electrons. The maximum absolute atomic E-state index is 5.95. The average Bonchev–Trinajstić information content (AvgIpc) is 2.12. The molecule has 5 atom stereocenters. The molecule has 0 heterocycles. The van der Waals surface area contributed by atoms with Gasteiger partial charge in [-0.3, -0.25) is 0 Å². The fourth-order valence-electron chi connectivity index (χ4n) is 2.04. The lowest BCUT2D eigenvalue weighted by molar-refractivity contribution is 0.164. The van der Waals surface area contributed by atoms with E-state index in [1.165, 1.54) is 0 Å². The predicted octanol–water partition coefficient (Wildman–Crippen LogP) is 3.53. The van der Waals surface area contributed by atoms with Crippen molar-refractivity contribution in [2.75, 3.05) is 0 Å². The number of rotatable bonds is 5. The van der Waals surface area contributed by atoms with E-state index in [2.05, 4.69) is 48.5 Å². The number of hydrogen-bond donors (Lipinski definition) is 1. The van der Waals surface area contributed by atoms with Gasteiger partial charge in [0.15, 0.2) is 0 Å². The van der Waals surface area contributed by atoms with E-state index in [1.807, 2.05) is 0 Å². The molecule has 14 heavy (non-hydrogen) atoms. The Morgan fingerprint density at radius 3 is 1.21 bits per heavy atom. The Labute approximate surface area is 90.5 Å². The van der Waals surface area contributed by atoms with Crippen LogP contribution in [-0.2, 0) is 0 Å². The van der Waals surface area contributed by atoms with Crippen molar-refractivity contribution in [2.24, 2.45) is 35.3 Å². The van der Waals surface area contributed by atoms with E-state index >= 15 is 0 Å². The fourth-order valence-corrected chi connectivity index (χ4v) is 2.04. The van der Waals surface area contributed by atoms with E-state index < -0.39 is 0 Å². The summed E-state index contributed by atoms with van der Waals surface area (Å²) >= 11 is 0. The van der Waals surface area contributed by atoms with Crippen LogP contribution in [-0.4, -0.2) is 6.04 Å². The minimum atomic E-state index is 0.312. The highest BCUT2D eigenvalue weighted by Crippen LogP contribution is 2.31. The van der Waals surface area contributed by atoms with Gasteiger partial charge in [-0.25, -0.2) is 0 Å². The molecule has 0 aromatic rings. The highest BCUT2D eigenvalue weighted by molar-refractivity contribution is 4.77. The molecule has 2 N–H and O–H groups in total. The summed E-state index contributed by atoms with van der Waals surface area (Å²) in [5.41, 5.74) is 5.95. The third-order valence-corrected chi connectivity index (χ3v) is 4.37. The second-order valence-corrected chi connectivity index (χ2v) is 5.54. The van der Waals surface area contributed by atoms with Gasteiger partial charge < -0.3 is 5.73 Å². The van der Waals surface area contributed by atoms with E-state index in [1.54, 1.807) is 0 Å². The van der Waals surface area contributed by atoms with Crippen molar-refractivity contribution in [3.8, 4) is 0 Å². The lowest BCUT2D eigenvalue weighted by Crippen LogP contribution is -2.34. The van der Waals surface area contributed by atoms with Gasteiger partial charge in [0.2, 0.25) is 0 Å². The Balaban J connectivity index is 4.30. The zero-order valence-electron chi connectivity index (χ0n) is 11.0. The van der Waals surface area contributed by atoms with Crippen LogP contribution in [0.3, 0.4) is 0 Å². The number of hydrogen-bond acceptors (Lipinski definition) is 1. The zero-order chi connectivity index (χ0) is 11.5. The largest absolute Gasteiger partial charge is 0.328 e. The molecular weight excluding hydrogens is 170 g/mol. The molecule has 0 saturated heterocycles. The van der Waals surface area contributed by atoms with E-state index in [4.69, 9.17) is 5.73 Å². The van der Waals surface area contributed by atoms with Crippen LogP contribution >= 0.6 is 0 Å². The second-order valence-electron chi connectivity index (χ2n) is 5.54. The summed E-state index contributed by atoms with van der Waals surface area (Å²) in [6.45, 7) is 16.1. The Bertz CT molecular complexity index is 133. The van der Waals surface area contributed by atoms with Crippen molar-refractivity contribution >= 4 is 0 Å². The quantitative estimate of drug-likeness (QED) is 0.720. The molecule has 1 heteroatoms. The van der Waals surface area contributed by atoms with Crippen LogP contribution < -0.4 is 5.73 Å². The van der Waals surface area contributed by atoms with Gasteiger partial charge in [-0.15, -0.1) is 0 Å². The van der Waals surface area contributed by atoms with Crippen LogP contribution in [0, 0.1) is 29.6 Å². The molecule has 0 aromatic carbocycles. The molecule has 1 nitrogen and oxygen atoms in total. The van der Waals surface area contributed by atoms with Crippen LogP contribution in [0.5, 0.6) is 0 Å². The normalized spacial score (nSPS) is 22.9. The first kappa shape index (κ1) is 14.0. The predicted molar refractivity (Wildman–Crippen MR) is 65.1 cm³/mol. The van der Waals surface area contributed by atoms with Crippen molar-refractivity contribution < 1.29 is 0 Å². The Hall–Kier alpha value is -0.0400. The van der Waals surface area contributed by atoms with E-state index in [0.29, 0.717) is 17.9 Å². The Kier molecular flexibility index (Phi) is 5.73. The van der Waals surface area contributed by atoms with Gasteiger partial charge in [-0.05, 0) is 36.5 Å². The minimum Gasteiger partial charge on any atom is -0.328 e. The second kappa shape index (κ2) is 5.75. The van der Waals surface area contributed by atoms with Crippen molar-refractivity contribution in [3.05, 3.63) is 0 Å². The van der Waals surface area contributed by atoms with Gasteiger partial charge in [0.25, 0.3) is 0 Å². The third-order valence-electron chi connectivity index (χ3n) is 4.37. The van der Waals surface area contributed by atoms with Gasteiger partial charge in [0, 0.05) is 6.04 Å². The van der Waals surface area contributed by atoms with Crippen LogP contribution in [0.15, 0.2) is 0 Å². The SMILES string of the molecule is CC(C)C(C)C(C)C(C)C(C)C(C)N. The molecule has 0 aliphatic carbocycles. The average molecular weight is 199 g/mol. The smallest absolute Gasteiger partial charge is 0.00387 e. The summed E-state index contributed by atoms with van der Waals surface area (Å²) in [6, 6.07) is 0.312. The van der Waals surface area contributed by atoms with E-state index in [-0.39, 0.29) is 0 Å². The first-order valence-electron chi connectivity index (χ1n) is 6.04. The maximum Gasteiger partial charge on any atom is 0.00387 e. The summed E-state index contributed by atoms with van der Waals surface area (Å²) in [7, 11) is 0. The Morgan fingerprint density at radius 1 is 0.571 bits per heavy atom. The zero-order valence-corrected chi connectivity index (χ0v) is 11.0. The standard InChI is InChI=1S/C13H29N/c1-8(2)9(3)10(4)11(5)12(6)13(7)14/h8-13H,14H2,1-7H3. The summed E-state index contributed by atoms with van der Waals surface area (Å²) in [5.74, 6) is 3.65. The molecule has 0 amide bonds. The topological polar surface area (TPSA) is 26.0 Å². The highest BCUT2D eigenvalue weighted by Gasteiger charge is 2.26. The molecular formula is C13H29N. The van der Waals surface area contributed by atoms with Gasteiger partial charge in [-0.1, -0.05) is 41.5 Å². The highest BCUT2D eigenvalue weighted by atomic mass is 14.6. The van der Waals surface area contributed by atoms with Gasteiger partial charge in [0.05, 0.1) is 0 Å². The van der Waals surface area contributed by atoms with Crippen molar-refractivity contribution in [1.82, 2.24) is 0 Å². The van der Waals surface area contributed by atoms with Crippen LogP contribution in [0.2, 0.25) is 0 Å². The molecule has 5 unspecified atom stereocenters. The van der Waals surface area contributed by atoms with Gasteiger partial charge in [-0.2, -0.15) is 0 Å². The van der Waals surface area contributed by atoms with Crippen LogP contribution in [0.1, 0.15) is 48.5 Å². The van der Waals surface area contributed by atoms with Crippen molar-refractivity contribution in [3.63, 3.8) is 0 Å². The lowest BCUT2D eigenvalue weighted by Gasteiger charge is -2.34. The first-order chi connectivity index (χ1) is 6.29. The lowest BCUT2D eigenvalue weighted by atomic mass is 9.73. The van der Waals surface area contributed by atoms with Crippen LogP contribution in [0.25, 0.3) is 0 Å². The molecule has 0 aromatic heterocycles. The van der Waals surface area contributed by atoms with Gasteiger partial charge >= 0.3 is 0 Å². The molecule has 0 saturated carbocycles. The van der Waals surface area contributed by atoms with E-state index in [0.717, 1.165) is 17.8 Å². The molecule has 0 bridgehead atoms. The molecule has 0 fully saturated rings. The summed E-state index contributed by atoms with van der Waals surface area (Å²) in [4.78, 5) is 0. The summed E-state index contributed by atoms with van der Waals surface area (Å²) in [6.07, 6.45) is 0. The molecule has 0 aliphatic rings. The minimum absolute atomic E-state index is 0.312. The first-order valence-corrected chi connectivity index (χ1v) is 6.04. The number of nitrogens with two attached hydrogens (primary N) is 1. The summed E-state index contributed by atoms with van der Waals surface area (Å²) in [5, 5.41) is 0. The molecule has 0 aliphatic heterocycles. The van der Waals surface area contributed by atoms with Crippen molar-refractivity contribution in [1.29, 1.82) is 0 Å². The van der Waals surface area contributed by atoms with Crippen molar-refractivity contribution in [2.45, 2.75) is 54.5 Å². The summed E-state index contributed by atoms with van der Waals surface area (Å²) < 4.78 is 0. The van der Waals surface area contributed by atoms with Crippen LogP contribution in [0.4, 0.5) is 0 Å². The van der Waals surface area contributed by atoms with E-state index in [9.17, 15) is 0 Å². The third kappa shape index (κ3) is 3.61. The maximum atomic E-state index is 5.95. The molecule has 0 rings (SSSR count). The fraction of sp³-hybridized carbons (Fsp3) is 1.00. The molecule has 0 radical (unpaired) electrons. The Morgan fingerprint density at radius 2 is 0.929 bits per heavy atom. The molecule has 0 spiro atoms. The van der Waals surface area contributed by atoms with Gasteiger partial charge in [0.1, 0.15) is 0 Å².